The Balaban J connectivity index is 1.54. The summed E-state index contributed by atoms with van der Waals surface area (Å²) in [6, 6.07) is 0.773. The summed E-state index contributed by atoms with van der Waals surface area (Å²) in [5.41, 5.74) is 1.19. The van der Waals surface area contributed by atoms with Crippen LogP contribution in [0.2, 0.25) is 0 Å². The summed E-state index contributed by atoms with van der Waals surface area (Å²) in [7, 11) is 0. The van der Waals surface area contributed by atoms with E-state index >= 15 is 0 Å². The van der Waals surface area contributed by atoms with Gasteiger partial charge in [0.1, 0.15) is 0 Å². The molecule has 0 saturated carbocycles. The zero-order valence-electron chi connectivity index (χ0n) is 12.6. The lowest BCUT2D eigenvalue weighted by molar-refractivity contribution is 0.231. The summed E-state index contributed by atoms with van der Waals surface area (Å²) in [5.74, 6) is 0.698. The summed E-state index contributed by atoms with van der Waals surface area (Å²) in [6.07, 6.45) is 2.74. The maximum atomic E-state index is 4.81. The van der Waals surface area contributed by atoms with Crippen LogP contribution in [0.1, 0.15) is 32.4 Å². The first-order chi connectivity index (χ1) is 9.72. The summed E-state index contributed by atoms with van der Waals surface area (Å²) in [4.78, 5) is 9.95. The molecule has 5 heteroatoms. The van der Waals surface area contributed by atoms with E-state index in [4.69, 9.17) is 4.98 Å². The number of anilines is 1. The second kappa shape index (κ2) is 6.41. The van der Waals surface area contributed by atoms with Crippen molar-refractivity contribution < 1.29 is 0 Å². The van der Waals surface area contributed by atoms with Crippen molar-refractivity contribution in [2.24, 2.45) is 5.92 Å². The number of nitrogens with one attached hydrogen (secondary N) is 1. The molecular weight excluding hydrogens is 268 g/mol. The summed E-state index contributed by atoms with van der Waals surface area (Å²) < 4.78 is 0. The second-order valence-electron chi connectivity index (χ2n) is 6.42. The van der Waals surface area contributed by atoms with Crippen LogP contribution in [-0.4, -0.2) is 48.6 Å². The van der Waals surface area contributed by atoms with E-state index in [-0.39, 0.29) is 0 Å². The van der Waals surface area contributed by atoms with Gasteiger partial charge in [-0.1, -0.05) is 13.8 Å². The highest BCUT2D eigenvalue weighted by Gasteiger charge is 2.31. The number of thiazole rings is 1. The highest BCUT2D eigenvalue weighted by atomic mass is 32.1. The fraction of sp³-hybridized carbons (Fsp3) is 0.800. The van der Waals surface area contributed by atoms with Crippen molar-refractivity contribution in [2.45, 2.75) is 39.3 Å². The van der Waals surface area contributed by atoms with Gasteiger partial charge in [-0.05, 0) is 31.8 Å². The SMILES string of the molecule is CC(C)CNCc1csc(N2CCN3CCCC3C2)n1. The molecule has 2 fully saturated rings. The van der Waals surface area contributed by atoms with E-state index in [9.17, 15) is 0 Å². The maximum Gasteiger partial charge on any atom is 0.185 e. The molecule has 1 unspecified atom stereocenters. The molecule has 4 nitrogen and oxygen atoms in total. The number of rotatable bonds is 5. The monoisotopic (exact) mass is 294 g/mol. The van der Waals surface area contributed by atoms with Crippen LogP contribution in [0, 0.1) is 5.92 Å². The minimum atomic E-state index is 0.698. The molecule has 2 saturated heterocycles. The van der Waals surface area contributed by atoms with Crippen LogP contribution in [0.3, 0.4) is 0 Å². The van der Waals surface area contributed by atoms with Crippen molar-refractivity contribution in [1.82, 2.24) is 15.2 Å². The molecule has 0 spiro atoms. The van der Waals surface area contributed by atoms with Gasteiger partial charge in [-0.15, -0.1) is 11.3 Å². The molecule has 1 atom stereocenters. The van der Waals surface area contributed by atoms with E-state index in [0.29, 0.717) is 5.92 Å². The average Bonchev–Trinajstić information content (AvgIpc) is 3.05. The molecule has 1 aromatic rings. The second-order valence-corrected chi connectivity index (χ2v) is 7.26. The Labute approximate surface area is 126 Å². The van der Waals surface area contributed by atoms with Gasteiger partial charge in [0.15, 0.2) is 5.13 Å². The Morgan fingerprint density at radius 3 is 3.15 bits per heavy atom. The minimum Gasteiger partial charge on any atom is -0.345 e. The third-order valence-corrected chi connectivity index (χ3v) is 5.21. The fourth-order valence-corrected chi connectivity index (χ4v) is 4.04. The Morgan fingerprint density at radius 2 is 2.30 bits per heavy atom. The normalized spacial score (nSPS) is 23.6. The smallest absolute Gasteiger partial charge is 0.185 e. The minimum absolute atomic E-state index is 0.698. The molecule has 3 heterocycles. The lowest BCUT2D eigenvalue weighted by Crippen LogP contribution is -2.50. The highest BCUT2D eigenvalue weighted by molar-refractivity contribution is 7.13. The third-order valence-electron chi connectivity index (χ3n) is 4.26. The largest absolute Gasteiger partial charge is 0.345 e. The molecule has 1 N–H and O–H groups in total. The van der Waals surface area contributed by atoms with E-state index in [1.54, 1.807) is 11.3 Å². The number of aromatic nitrogens is 1. The van der Waals surface area contributed by atoms with Crippen LogP contribution < -0.4 is 10.2 Å². The number of nitrogens with zero attached hydrogens (tertiary/aromatic N) is 3. The Morgan fingerprint density at radius 1 is 1.40 bits per heavy atom. The summed E-state index contributed by atoms with van der Waals surface area (Å²) in [5, 5.41) is 6.90. The van der Waals surface area contributed by atoms with E-state index in [2.05, 4.69) is 34.3 Å². The quantitative estimate of drug-likeness (QED) is 0.902. The molecule has 0 bridgehead atoms. The highest BCUT2D eigenvalue weighted by Crippen LogP contribution is 2.27. The number of hydrogen-bond donors (Lipinski definition) is 1. The van der Waals surface area contributed by atoms with Crippen LogP contribution in [0.5, 0.6) is 0 Å². The van der Waals surface area contributed by atoms with E-state index < -0.39 is 0 Å². The van der Waals surface area contributed by atoms with Crippen molar-refractivity contribution in [2.75, 3.05) is 37.6 Å². The van der Waals surface area contributed by atoms with Gasteiger partial charge < -0.3 is 10.2 Å². The molecule has 3 rings (SSSR count). The molecule has 20 heavy (non-hydrogen) atoms. The first kappa shape index (κ1) is 14.3. The number of hydrogen-bond acceptors (Lipinski definition) is 5. The van der Waals surface area contributed by atoms with Crippen LogP contribution in [-0.2, 0) is 6.54 Å². The Bertz CT molecular complexity index is 431. The zero-order chi connectivity index (χ0) is 13.9. The molecule has 1 aromatic heterocycles. The molecular formula is C15H26N4S. The molecule has 112 valence electrons. The lowest BCUT2D eigenvalue weighted by atomic mass is 10.2. The zero-order valence-corrected chi connectivity index (χ0v) is 13.5. The van der Waals surface area contributed by atoms with Crippen LogP contribution >= 0.6 is 11.3 Å². The summed E-state index contributed by atoms with van der Waals surface area (Å²) in [6.45, 7) is 11.3. The lowest BCUT2D eigenvalue weighted by Gasteiger charge is -2.37. The van der Waals surface area contributed by atoms with E-state index in [1.165, 1.54) is 43.3 Å². The number of piperazine rings is 1. The van der Waals surface area contributed by atoms with Crippen LogP contribution in [0.15, 0.2) is 5.38 Å². The molecule has 0 radical (unpaired) electrons. The predicted molar refractivity (Wildman–Crippen MR) is 85.5 cm³/mol. The van der Waals surface area contributed by atoms with Crippen LogP contribution in [0.25, 0.3) is 0 Å². The summed E-state index contributed by atoms with van der Waals surface area (Å²) >= 11 is 1.81. The average molecular weight is 294 g/mol. The van der Waals surface area contributed by atoms with Crippen molar-refractivity contribution in [3.05, 3.63) is 11.1 Å². The first-order valence-electron chi connectivity index (χ1n) is 7.86. The molecule has 0 aliphatic carbocycles. The van der Waals surface area contributed by atoms with Gasteiger partial charge >= 0.3 is 0 Å². The standard InChI is InChI=1S/C15H26N4S/c1-12(2)8-16-9-13-11-20-15(17-13)19-7-6-18-5-3-4-14(18)10-19/h11-12,14,16H,3-10H2,1-2H3. The molecule has 2 aliphatic heterocycles. The Kier molecular flexibility index (Phi) is 4.58. The predicted octanol–water partition coefficient (Wildman–Crippen LogP) is 2.17. The van der Waals surface area contributed by atoms with Gasteiger partial charge in [0, 0.05) is 37.6 Å². The maximum absolute atomic E-state index is 4.81. The van der Waals surface area contributed by atoms with E-state index in [0.717, 1.165) is 25.7 Å². The number of fused-ring (bicyclic) bond motifs is 1. The van der Waals surface area contributed by atoms with Gasteiger partial charge in [-0.3, -0.25) is 4.90 Å². The van der Waals surface area contributed by atoms with Crippen molar-refractivity contribution in [3.8, 4) is 0 Å². The fourth-order valence-electron chi connectivity index (χ4n) is 3.18. The van der Waals surface area contributed by atoms with Gasteiger partial charge in [-0.2, -0.15) is 0 Å². The van der Waals surface area contributed by atoms with Crippen LogP contribution in [0.4, 0.5) is 5.13 Å². The van der Waals surface area contributed by atoms with Crippen molar-refractivity contribution in [1.29, 1.82) is 0 Å². The topological polar surface area (TPSA) is 31.4 Å². The van der Waals surface area contributed by atoms with Gasteiger partial charge in [0.25, 0.3) is 0 Å². The van der Waals surface area contributed by atoms with Crippen molar-refractivity contribution in [3.63, 3.8) is 0 Å². The van der Waals surface area contributed by atoms with Gasteiger partial charge in [0.2, 0.25) is 0 Å². The van der Waals surface area contributed by atoms with Gasteiger partial charge in [-0.25, -0.2) is 4.98 Å². The Hall–Kier alpha value is -0.650. The third kappa shape index (κ3) is 3.32. The van der Waals surface area contributed by atoms with Gasteiger partial charge in [0.05, 0.1) is 5.69 Å². The molecule has 0 amide bonds. The van der Waals surface area contributed by atoms with Crippen molar-refractivity contribution >= 4 is 16.5 Å². The first-order valence-corrected chi connectivity index (χ1v) is 8.74. The molecule has 0 aromatic carbocycles. The van der Waals surface area contributed by atoms with E-state index in [1.807, 2.05) is 0 Å². The molecule has 2 aliphatic rings.